The van der Waals surface area contributed by atoms with Gasteiger partial charge in [0.25, 0.3) is 5.91 Å². The minimum absolute atomic E-state index is 0.116. The molecule has 1 fully saturated rings. The molecule has 1 saturated heterocycles. The van der Waals surface area contributed by atoms with Crippen LogP contribution in [0, 0.1) is 0 Å². The zero-order chi connectivity index (χ0) is 11.4. The van der Waals surface area contributed by atoms with Crippen molar-refractivity contribution in [3.63, 3.8) is 0 Å². The van der Waals surface area contributed by atoms with Gasteiger partial charge < -0.3 is 5.73 Å². The number of nitrogens with zero attached hydrogens (tertiary/aromatic N) is 2. The van der Waals surface area contributed by atoms with Gasteiger partial charge in [-0.2, -0.15) is 0 Å². The van der Waals surface area contributed by atoms with Crippen LogP contribution in [0.15, 0.2) is 18.3 Å². The third kappa shape index (κ3) is 2.70. The molecular formula is C11H16N4O. The SMILES string of the molecule is Nc1ccc(C(=O)NN2CCCCC2)cn1. The number of carbonyl (C=O) groups is 1. The molecule has 1 aromatic heterocycles. The number of hydrogen-bond acceptors (Lipinski definition) is 4. The van der Waals surface area contributed by atoms with E-state index in [0.29, 0.717) is 11.4 Å². The standard InChI is InChI=1S/C11H16N4O/c12-10-5-4-9(8-13-10)11(16)14-15-6-2-1-3-7-15/h4-5,8H,1-3,6-7H2,(H2,12,13)(H,14,16). The summed E-state index contributed by atoms with van der Waals surface area (Å²) in [5, 5.41) is 1.96. The van der Waals surface area contributed by atoms with E-state index in [0.717, 1.165) is 25.9 Å². The molecule has 0 atom stereocenters. The predicted molar refractivity (Wildman–Crippen MR) is 61.5 cm³/mol. The van der Waals surface area contributed by atoms with Crippen molar-refractivity contribution in [1.29, 1.82) is 0 Å². The minimum Gasteiger partial charge on any atom is -0.384 e. The maximum Gasteiger partial charge on any atom is 0.267 e. The van der Waals surface area contributed by atoms with Gasteiger partial charge in [-0.05, 0) is 25.0 Å². The molecule has 2 rings (SSSR count). The van der Waals surface area contributed by atoms with Crippen molar-refractivity contribution in [1.82, 2.24) is 15.4 Å². The van der Waals surface area contributed by atoms with Gasteiger partial charge in [-0.25, -0.2) is 9.99 Å². The number of hydrogen-bond donors (Lipinski definition) is 2. The summed E-state index contributed by atoms with van der Waals surface area (Å²) in [6.45, 7) is 1.85. The van der Waals surface area contributed by atoms with Crippen LogP contribution in [0.3, 0.4) is 0 Å². The average Bonchev–Trinajstić information content (AvgIpc) is 2.31. The number of anilines is 1. The molecule has 1 amide bonds. The smallest absolute Gasteiger partial charge is 0.267 e. The van der Waals surface area contributed by atoms with Crippen molar-refractivity contribution in [2.45, 2.75) is 19.3 Å². The van der Waals surface area contributed by atoms with Gasteiger partial charge in [-0.3, -0.25) is 10.2 Å². The molecule has 0 aliphatic carbocycles. The molecule has 2 heterocycles. The van der Waals surface area contributed by atoms with Gasteiger partial charge in [0.05, 0.1) is 5.56 Å². The van der Waals surface area contributed by atoms with Crippen molar-refractivity contribution >= 4 is 11.7 Å². The molecule has 0 saturated carbocycles. The molecule has 0 bridgehead atoms. The highest BCUT2D eigenvalue weighted by Gasteiger charge is 2.13. The topological polar surface area (TPSA) is 71.2 Å². The Bertz CT molecular complexity index is 357. The molecule has 1 aliphatic rings. The zero-order valence-electron chi connectivity index (χ0n) is 9.15. The summed E-state index contributed by atoms with van der Waals surface area (Å²) in [6, 6.07) is 3.31. The molecule has 86 valence electrons. The number of nitrogens with two attached hydrogens (primary N) is 1. The molecular weight excluding hydrogens is 204 g/mol. The normalized spacial score (nSPS) is 17.0. The molecule has 0 radical (unpaired) electrons. The van der Waals surface area contributed by atoms with E-state index < -0.39 is 0 Å². The second-order valence-corrected chi connectivity index (χ2v) is 3.96. The lowest BCUT2D eigenvalue weighted by Gasteiger charge is -2.26. The summed E-state index contributed by atoms with van der Waals surface area (Å²) < 4.78 is 0. The molecule has 0 unspecified atom stereocenters. The largest absolute Gasteiger partial charge is 0.384 e. The molecule has 1 aromatic rings. The Morgan fingerprint density at radius 1 is 1.31 bits per heavy atom. The van der Waals surface area contributed by atoms with E-state index in [9.17, 15) is 4.79 Å². The van der Waals surface area contributed by atoms with E-state index >= 15 is 0 Å². The number of aromatic nitrogens is 1. The van der Waals surface area contributed by atoms with E-state index in [4.69, 9.17) is 5.73 Å². The third-order valence-electron chi connectivity index (χ3n) is 2.66. The van der Waals surface area contributed by atoms with Crippen molar-refractivity contribution in [3.05, 3.63) is 23.9 Å². The third-order valence-corrected chi connectivity index (χ3v) is 2.66. The van der Waals surface area contributed by atoms with Gasteiger partial charge >= 0.3 is 0 Å². The summed E-state index contributed by atoms with van der Waals surface area (Å²) in [6.07, 6.45) is 5.02. The maximum atomic E-state index is 11.8. The first-order chi connectivity index (χ1) is 7.75. The molecule has 0 aromatic carbocycles. The number of amides is 1. The van der Waals surface area contributed by atoms with E-state index in [1.807, 2.05) is 5.01 Å². The summed E-state index contributed by atoms with van der Waals surface area (Å²) in [4.78, 5) is 15.7. The summed E-state index contributed by atoms with van der Waals surface area (Å²) in [5.41, 5.74) is 8.87. The number of rotatable bonds is 2. The quantitative estimate of drug-likeness (QED) is 0.773. The summed E-state index contributed by atoms with van der Waals surface area (Å²) >= 11 is 0. The average molecular weight is 220 g/mol. The van der Waals surface area contributed by atoms with E-state index in [1.165, 1.54) is 12.6 Å². The second kappa shape index (κ2) is 4.94. The predicted octanol–water partition coefficient (Wildman–Crippen LogP) is 0.794. The zero-order valence-corrected chi connectivity index (χ0v) is 9.15. The van der Waals surface area contributed by atoms with E-state index in [1.54, 1.807) is 12.1 Å². The van der Waals surface area contributed by atoms with Crippen LogP contribution in [0.1, 0.15) is 29.6 Å². The van der Waals surface area contributed by atoms with Crippen molar-refractivity contribution in [3.8, 4) is 0 Å². The van der Waals surface area contributed by atoms with Crippen LogP contribution in [-0.2, 0) is 0 Å². The van der Waals surface area contributed by atoms with Crippen LogP contribution in [-0.4, -0.2) is 29.0 Å². The van der Waals surface area contributed by atoms with Crippen LogP contribution >= 0.6 is 0 Å². The Kier molecular flexibility index (Phi) is 3.36. The molecule has 1 aliphatic heterocycles. The van der Waals surface area contributed by atoms with Gasteiger partial charge in [-0.1, -0.05) is 6.42 Å². The molecule has 5 heteroatoms. The van der Waals surface area contributed by atoms with Gasteiger partial charge in [0.1, 0.15) is 5.82 Å². The first kappa shape index (κ1) is 10.9. The Morgan fingerprint density at radius 3 is 2.69 bits per heavy atom. The number of pyridine rings is 1. The fourth-order valence-corrected chi connectivity index (χ4v) is 1.75. The van der Waals surface area contributed by atoms with Crippen LogP contribution in [0.2, 0.25) is 0 Å². The monoisotopic (exact) mass is 220 g/mol. The molecule has 0 spiro atoms. The number of nitrogen functional groups attached to an aromatic ring is 1. The number of hydrazine groups is 1. The first-order valence-electron chi connectivity index (χ1n) is 5.53. The Labute approximate surface area is 94.6 Å². The van der Waals surface area contributed by atoms with Crippen molar-refractivity contribution in [2.24, 2.45) is 0 Å². The van der Waals surface area contributed by atoms with Crippen molar-refractivity contribution < 1.29 is 4.79 Å². The van der Waals surface area contributed by atoms with Gasteiger partial charge in [0, 0.05) is 19.3 Å². The van der Waals surface area contributed by atoms with E-state index in [-0.39, 0.29) is 5.91 Å². The highest BCUT2D eigenvalue weighted by atomic mass is 16.2. The van der Waals surface area contributed by atoms with Crippen LogP contribution < -0.4 is 11.2 Å². The Balaban J connectivity index is 1.94. The number of carbonyl (C=O) groups excluding carboxylic acids is 1. The molecule has 5 nitrogen and oxygen atoms in total. The van der Waals surface area contributed by atoms with Crippen molar-refractivity contribution in [2.75, 3.05) is 18.8 Å². The van der Waals surface area contributed by atoms with Gasteiger partial charge in [-0.15, -0.1) is 0 Å². The van der Waals surface area contributed by atoms with Crippen LogP contribution in [0.5, 0.6) is 0 Å². The Hall–Kier alpha value is -1.62. The minimum atomic E-state index is -0.116. The highest BCUT2D eigenvalue weighted by Crippen LogP contribution is 2.07. The number of piperidine rings is 1. The number of nitrogens with one attached hydrogen (secondary N) is 1. The maximum absolute atomic E-state index is 11.8. The lowest BCUT2D eigenvalue weighted by atomic mass is 10.2. The lowest BCUT2D eigenvalue weighted by molar-refractivity contribution is 0.0750. The molecule has 3 N–H and O–H groups in total. The van der Waals surface area contributed by atoms with Crippen LogP contribution in [0.4, 0.5) is 5.82 Å². The molecule has 16 heavy (non-hydrogen) atoms. The Morgan fingerprint density at radius 2 is 2.06 bits per heavy atom. The summed E-state index contributed by atoms with van der Waals surface area (Å²) in [7, 11) is 0. The fraction of sp³-hybridized carbons (Fsp3) is 0.455. The first-order valence-corrected chi connectivity index (χ1v) is 5.53. The van der Waals surface area contributed by atoms with E-state index in [2.05, 4.69) is 10.4 Å². The second-order valence-electron chi connectivity index (χ2n) is 3.96. The highest BCUT2D eigenvalue weighted by molar-refractivity contribution is 5.93. The van der Waals surface area contributed by atoms with Gasteiger partial charge in [0.2, 0.25) is 0 Å². The summed E-state index contributed by atoms with van der Waals surface area (Å²) in [5.74, 6) is 0.309. The lowest BCUT2D eigenvalue weighted by Crippen LogP contribution is -2.45. The van der Waals surface area contributed by atoms with Gasteiger partial charge in [0.15, 0.2) is 0 Å². The fourth-order valence-electron chi connectivity index (χ4n) is 1.75. The van der Waals surface area contributed by atoms with Crippen LogP contribution in [0.25, 0.3) is 0 Å².